The molecule has 3 N–H and O–H groups in total. The Hall–Kier alpha value is -1.92. The number of hydrogen-bond acceptors (Lipinski definition) is 4. The Kier molecular flexibility index (Phi) is 6.09. The lowest BCUT2D eigenvalue weighted by molar-refractivity contribution is -0.142. The smallest absolute Gasteiger partial charge is 0.245 e. The second kappa shape index (κ2) is 7.76. The first-order valence-electron chi connectivity index (χ1n) is 9.44. The molecule has 2 fully saturated rings. The Bertz CT molecular complexity index is 600. The largest absolute Gasteiger partial charge is 0.368 e. The van der Waals surface area contributed by atoms with Crippen LogP contribution in [0.2, 0.25) is 0 Å². The molecule has 146 valence electrons. The number of carbonyl (C=O) groups excluding carboxylic acids is 4. The minimum Gasteiger partial charge on any atom is -0.368 e. The van der Waals surface area contributed by atoms with Gasteiger partial charge in [0.15, 0.2) is 0 Å². The molecular formula is C19H31N3O4. The number of amides is 3. The summed E-state index contributed by atoms with van der Waals surface area (Å²) < 4.78 is 0. The molecular weight excluding hydrogens is 334 g/mol. The van der Waals surface area contributed by atoms with Gasteiger partial charge in [-0.25, -0.2) is 0 Å². The molecule has 0 aromatic heterocycles. The Morgan fingerprint density at radius 3 is 2.46 bits per heavy atom. The number of nitrogens with two attached hydrogens (primary N) is 1. The lowest BCUT2D eigenvalue weighted by atomic mass is 9.81. The molecule has 7 heteroatoms. The molecule has 1 saturated heterocycles. The zero-order valence-electron chi connectivity index (χ0n) is 16.2. The van der Waals surface area contributed by atoms with E-state index in [0.29, 0.717) is 25.8 Å². The van der Waals surface area contributed by atoms with Gasteiger partial charge >= 0.3 is 0 Å². The second-order valence-electron chi connectivity index (χ2n) is 8.74. The highest BCUT2D eigenvalue weighted by Gasteiger charge is 2.45. The van der Waals surface area contributed by atoms with Gasteiger partial charge in [0.05, 0.1) is 5.92 Å². The molecule has 1 aliphatic carbocycles. The maximum atomic E-state index is 13.0. The Morgan fingerprint density at radius 2 is 1.96 bits per heavy atom. The lowest BCUT2D eigenvalue weighted by Gasteiger charge is -2.31. The fourth-order valence-corrected chi connectivity index (χ4v) is 4.15. The van der Waals surface area contributed by atoms with Gasteiger partial charge in [-0.1, -0.05) is 27.7 Å². The van der Waals surface area contributed by atoms with Crippen LogP contribution in [-0.2, 0) is 19.2 Å². The number of carbonyl (C=O) groups is 4. The summed E-state index contributed by atoms with van der Waals surface area (Å²) in [4.78, 5) is 50.7. The van der Waals surface area contributed by atoms with Crippen LogP contribution in [0.4, 0.5) is 0 Å². The fourth-order valence-electron chi connectivity index (χ4n) is 4.15. The summed E-state index contributed by atoms with van der Waals surface area (Å²) in [6.07, 6.45) is 2.37. The van der Waals surface area contributed by atoms with Gasteiger partial charge in [-0.3, -0.25) is 19.2 Å². The standard InChI is InChI=1S/C19H31N3O4/c1-11(2)8-14(18(26)22-7-5-6-15(22)16(20)24)21-17(25)13-9-12(23)10-19(13,3)4/h11,13-15H,5-10H2,1-4H3,(H2,20,24)(H,21,25)/t13?,14-,15-/m0/s1. The number of rotatable bonds is 6. The van der Waals surface area contributed by atoms with Crippen molar-refractivity contribution in [2.45, 2.75) is 71.9 Å². The Morgan fingerprint density at radius 1 is 1.31 bits per heavy atom. The van der Waals surface area contributed by atoms with Crippen molar-refractivity contribution >= 4 is 23.5 Å². The molecule has 0 radical (unpaired) electrons. The predicted octanol–water partition coefficient (Wildman–Crippen LogP) is 0.999. The molecule has 1 aliphatic heterocycles. The van der Waals surface area contributed by atoms with E-state index in [9.17, 15) is 19.2 Å². The van der Waals surface area contributed by atoms with Crippen molar-refractivity contribution in [1.29, 1.82) is 0 Å². The van der Waals surface area contributed by atoms with Crippen LogP contribution in [0, 0.1) is 17.3 Å². The number of likely N-dealkylation sites (tertiary alicyclic amines) is 1. The van der Waals surface area contributed by atoms with Gasteiger partial charge in [0.1, 0.15) is 17.9 Å². The van der Waals surface area contributed by atoms with Crippen LogP contribution in [0.1, 0.15) is 59.8 Å². The number of Topliss-reactive ketones (excluding diaryl/α,β-unsaturated/α-hetero) is 1. The van der Waals surface area contributed by atoms with E-state index in [1.807, 2.05) is 27.7 Å². The van der Waals surface area contributed by atoms with E-state index in [0.717, 1.165) is 6.42 Å². The van der Waals surface area contributed by atoms with Gasteiger partial charge in [0.25, 0.3) is 0 Å². The highest BCUT2D eigenvalue weighted by atomic mass is 16.2. The number of ketones is 1. The summed E-state index contributed by atoms with van der Waals surface area (Å²) >= 11 is 0. The normalized spacial score (nSPS) is 26.2. The molecule has 26 heavy (non-hydrogen) atoms. The first-order valence-corrected chi connectivity index (χ1v) is 9.44. The maximum Gasteiger partial charge on any atom is 0.245 e. The van der Waals surface area contributed by atoms with E-state index in [-0.39, 0.29) is 29.9 Å². The minimum atomic E-state index is -0.700. The fraction of sp³-hybridized carbons (Fsp3) is 0.789. The summed E-state index contributed by atoms with van der Waals surface area (Å²) in [7, 11) is 0. The molecule has 1 saturated carbocycles. The third-order valence-electron chi connectivity index (χ3n) is 5.53. The molecule has 2 aliphatic rings. The second-order valence-corrected chi connectivity index (χ2v) is 8.74. The minimum absolute atomic E-state index is 0.0789. The molecule has 7 nitrogen and oxygen atoms in total. The van der Waals surface area contributed by atoms with Gasteiger partial charge < -0.3 is 16.0 Å². The third kappa shape index (κ3) is 4.43. The van der Waals surface area contributed by atoms with E-state index in [1.54, 1.807) is 0 Å². The van der Waals surface area contributed by atoms with Crippen LogP contribution in [0.5, 0.6) is 0 Å². The summed E-state index contributed by atoms with van der Waals surface area (Å²) in [5.41, 5.74) is 5.01. The zero-order chi connectivity index (χ0) is 19.6. The first-order chi connectivity index (χ1) is 12.0. The number of primary amides is 1. The van der Waals surface area contributed by atoms with Crippen LogP contribution in [0.3, 0.4) is 0 Å². The highest BCUT2D eigenvalue weighted by Crippen LogP contribution is 2.40. The van der Waals surface area contributed by atoms with Crippen LogP contribution in [0.25, 0.3) is 0 Å². The Balaban J connectivity index is 2.14. The average molecular weight is 365 g/mol. The highest BCUT2D eigenvalue weighted by molar-refractivity contribution is 5.95. The van der Waals surface area contributed by atoms with Crippen molar-refractivity contribution in [3.8, 4) is 0 Å². The van der Waals surface area contributed by atoms with Gasteiger partial charge in [-0.2, -0.15) is 0 Å². The number of nitrogens with one attached hydrogen (secondary N) is 1. The van der Waals surface area contributed by atoms with Crippen molar-refractivity contribution in [1.82, 2.24) is 10.2 Å². The third-order valence-corrected chi connectivity index (χ3v) is 5.53. The van der Waals surface area contributed by atoms with Crippen LogP contribution < -0.4 is 11.1 Å². The van der Waals surface area contributed by atoms with Gasteiger partial charge in [0.2, 0.25) is 17.7 Å². The molecule has 3 atom stereocenters. The zero-order valence-corrected chi connectivity index (χ0v) is 16.2. The quantitative estimate of drug-likeness (QED) is 0.731. The molecule has 0 aromatic rings. The van der Waals surface area contributed by atoms with Crippen molar-refractivity contribution in [3.05, 3.63) is 0 Å². The van der Waals surface area contributed by atoms with E-state index >= 15 is 0 Å². The molecule has 2 rings (SSSR count). The molecule has 1 heterocycles. The molecule has 0 aromatic carbocycles. The lowest BCUT2D eigenvalue weighted by Crippen LogP contribution is -2.54. The van der Waals surface area contributed by atoms with E-state index in [2.05, 4.69) is 5.32 Å². The van der Waals surface area contributed by atoms with E-state index < -0.39 is 29.3 Å². The molecule has 3 amide bonds. The summed E-state index contributed by atoms with van der Waals surface area (Å²) in [6, 6.07) is -1.30. The van der Waals surface area contributed by atoms with Crippen molar-refractivity contribution in [2.24, 2.45) is 23.0 Å². The maximum absolute atomic E-state index is 13.0. The van der Waals surface area contributed by atoms with Crippen molar-refractivity contribution < 1.29 is 19.2 Å². The molecule has 0 spiro atoms. The van der Waals surface area contributed by atoms with Gasteiger partial charge in [-0.05, 0) is 30.6 Å². The Labute approximate surface area is 155 Å². The number of nitrogens with zero attached hydrogens (tertiary/aromatic N) is 1. The first kappa shape index (κ1) is 20.4. The summed E-state index contributed by atoms with van der Waals surface area (Å²) in [6.45, 7) is 8.25. The van der Waals surface area contributed by atoms with E-state index in [1.165, 1.54) is 4.90 Å². The predicted molar refractivity (Wildman–Crippen MR) is 96.8 cm³/mol. The average Bonchev–Trinajstić information content (AvgIpc) is 3.09. The molecule has 1 unspecified atom stereocenters. The monoisotopic (exact) mass is 365 g/mol. The topological polar surface area (TPSA) is 110 Å². The molecule has 0 bridgehead atoms. The van der Waals surface area contributed by atoms with Gasteiger partial charge in [-0.15, -0.1) is 0 Å². The van der Waals surface area contributed by atoms with Crippen LogP contribution in [-0.4, -0.2) is 47.0 Å². The van der Waals surface area contributed by atoms with E-state index in [4.69, 9.17) is 5.73 Å². The van der Waals surface area contributed by atoms with Crippen molar-refractivity contribution in [3.63, 3.8) is 0 Å². The van der Waals surface area contributed by atoms with Gasteiger partial charge in [0, 0.05) is 19.4 Å². The summed E-state index contributed by atoms with van der Waals surface area (Å²) in [5.74, 6) is -1.17. The SMILES string of the molecule is CC(C)C[C@H](NC(=O)C1CC(=O)CC1(C)C)C(=O)N1CCC[C@H]1C(N)=O. The van der Waals surface area contributed by atoms with Crippen LogP contribution >= 0.6 is 0 Å². The van der Waals surface area contributed by atoms with Crippen molar-refractivity contribution in [2.75, 3.05) is 6.54 Å². The number of hydrogen-bond donors (Lipinski definition) is 2. The van der Waals surface area contributed by atoms with Crippen LogP contribution in [0.15, 0.2) is 0 Å². The summed E-state index contributed by atoms with van der Waals surface area (Å²) in [5, 5.41) is 2.87.